The lowest BCUT2D eigenvalue weighted by Crippen LogP contribution is -2.29. The second kappa shape index (κ2) is 6.18. The summed E-state index contributed by atoms with van der Waals surface area (Å²) in [5, 5.41) is 0.440. The molecule has 0 radical (unpaired) electrons. The smallest absolute Gasteiger partial charge is 0.124 e. The molecule has 0 aliphatic heterocycles. The number of halogens is 2. The molecular weight excluding hydrogens is 261 g/mol. The summed E-state index contributed by atoms with van der Waals surface area (Å²) in [6.45, 7) is 2.09. The van der Waals surface area contributed by atoms with Crippen molar-refractivity contribution in [3.8, 4) is 0 Å². The Labute approximate surface area is 118 Å². The van der Waals surface area contributed by atoms with Gasteiger partial charge in [-0.1, -0.05) is 54.9 Å². The van der Waals surface area contributed by atoms with Gasteiger partial charge < -0.3 is 5.73 Å². The zero-order chi connectivity index (χ0) is 13.8. The minimum absolute atomic E-state index is 0.0506. The van der Waals surface area contributed by atoms with Crippen LogP contribution in [-0.4, -0.2) is 6.04 Å². The summed E-state index contributed by atoms with van der Waals surface area (Å²) in [6.07, 6.45) is 0.634. The predicted molar refractivity (Wildman–Crippen MR) is 77.9 cm³/mol. The summed E-state index contributed by atoms with van der Waals surface area (Å²) in [7, 11) is 0. The lowest BCUT2D eigenvalue weighted by Gasteiger charge is -2.21. The average molecular weight is 278 g/mol. The Balaban J connectivity index is 2.10. The molecule has 0 spiro atoms. The molecule has 19 heavy (non-hydrogen) atoms. The minimum atomic E-state index is -0.321. The Morgan fingerprint density at radius 3 is 2.47 bits per heavy atom. The lowest BCUT2D eigenvalue weighted by molar-refractivity contribution is 0.562. The highest BCUT2D eigenvalue weighted by Crippen LogP contribution is 2.24. The van der Waals surface area contributed by atoms with Gasteiger partial charge in [0.1, 0.15) is 5.82 Å². The highest BCUT2D eigenvalue weighted by Gasteiger charge is 2.16. The fraction of sp³-hybridized carbons (Fsp3) is 0.250. The van der Waals surface area contributed by atoms with Crippen LogP contribution < -0.4 is 5.73 Å². The Kier molecular flexibility index (Phi) is 4.56. The molecule has 2 aromatic rings. The molecule has 0 saturated carbocycles. The third-order valence-electron chi connectivity index (χ3n) is 3.44. The zero-order valence-electron chi connectivity index (χ0n) is 10.8. The van der Waals surface area contributed by atoms with Crippen LogP contribution in [0.4, 0.5) is 4.39 Å². The van der Waals surface area contributed by atoms with Crippen molar-refractivity contribution in [1.29, 1.82) is 0 Å². The van der Waals surface area contributed by atoms with Crippen LogP contribution >= 0.6 is 11.6 Å². The van der Waals surface area contributed by atoms with Crippen molar-refractivity contribution in [2.24, 2.45) is 5.73 Å². The van der Waals surface area contributed by atoms with Crippen LogP contribution in [0.5, 0.6) is 0 Å². The molecule has 100 valence electrons. The first kappa shape index (κ1) is 14.0. The van der Waals surface area contributed by atoms with Crippen LogP contribution in [0, 0.1) is 5.82 Å². The molecule has 0 aromatic heterocycles. The van der Waals surface area contributed by atoms with Crippen LogP contribution in [-0.2, 0) is 6.42 Å². The first-order valence-corrected chi connectivity index (χ1v) is 6.70. The van der Waals surface area contributed by atoms with Crippen molar-refractivity contribution in [3.63, 3.8) is 0 Å². The molecule has 3 heteroatoms. The molecule has 0 fully saturated rings. The van der Waals surface area contributed by atoms with E-state index < -0.39 is 0 Å². The standard InChI is InChI=1S/C16H17ClFN/c1-11(12-5-3-2-4-6-12)16(19)9-13-7-8-14(18)10-15(13)17/h2-8,10-11,16H,9,19H2,1H3. The molecule has 1 nitrogen and oxygen atoms in total. The third-order valence-corrected chi connectivity index (χ3v) is 3.79. The van der Waals surface area contributed by atoms with E-state index in [4.69, 9.17) is 17.3 Å². The van der Waals surface area contributed by atoms with Crippen LogP contribution in [0.3, 0.4) is 0 Å². The summed E-state index contributed by atoms with van der Waals surface area (Å²) < 4.78 is 13.0. The molecule has 2 aromatic carbocycles. The topological polar surface area (TPSA) is 26.0 Å². The quantitative estimate of drug-likeness (QED) is 0.892. The first-order valence-electron chi connectivity index (χ1n) is 6.32. The maximum Gasteiger partial charge on any atom is 0.124 e. The molecule has 0 saturated heterocycles. The van der Waals surface area contributed by atoms with E-state index in [1.54, 1.807) is 6.07 Å². The number of nitrogens with two attached hydrogens (primary N) is 1. The first-order chi connectivity index (χ1) is 9.08. The Morgan fingerprint density at radius 1 is 1.16 bits per heavy atom. The van der Waals surface area contributed by atoms with Gasteiger partial charge in [0.15, 0.2) is 0 Å². The Hall–Kier alpha value is -1.38. The van der Waals surface area contributed by atoms with Gasteiger partial charge in [-0.2, -0.15) is 0 Å². The largest absolute Gasteiger partial charge is 0.327 e. The van der Waals surface area contributed by atoms with Gasteiger partial charge in [0.25, 0.3) is 0 Å². The normalized spacial score (nSPS) is 14.1. The monoisotopic (exact) mass is 277 g/mol. The molecule has 2 unspecified atom stereocenters. The van der Waals surface area contributed by atoms with E-state index in [0.29, 0.717) is 11.4 Å². The molecular formula is C16H17ClFN. The van der Waals surface area contributed by atoms with E-state index in [-0.39, 0.29) is 17.8 Å². The molecule has 2 atom stereocenters. The Morgan fingerprint density at radius 2 is 1.84 bits per heavy atom. The van der Waals surface area contributed by atoms with Crippen LogP contribution in [0.1, 0.15) is 24.0 Å². The van der Waals surface area contributed by atoms with Gasteiger partial charge in [0.05, 0.1) is 0 Å². The van der Waals surface area contributed by atoms with Crippen LogP contribution in [0.15, 0.2) is 48.5 Å². The zero-order valence-corrected chi connectivity index (χ0v) is 11.6. The van der Waals surface area contributed by atoms with Gasteiger partial charge in [-0.15, -0.1) is 0 Å². The SMILES string of the molecule is CC(c1ccccc1)C(N)Cc1ccc(F)cc1Cl. The van der Waals surface area contributed by atoms with Crippen molar-refractivity contribution in [1.82, 2.24) is 0 Å². The van der Waals surface area contributed by atoms with Crippen molar-refractivity contribution in [2.75, 3.05) is 0 Å². The number of benzene rings is 2. The molecule has 0 bridgehead atoms. The fourth-order valence-electron chi connectivity index (χ4n) is 2.12. The molecule has 0 aliphatic carbocycles. The van der Waals surface area contributed by atoms with Gasteiger partial charge in [0, 0.05) is 11.1 Å². The molecule has 0 aliphatic rings. The maximum absolute atomic E-state index is 13.0. The van der Waals surface area contributed by atoms with Crippen LogP contribution in [0.2, 0.25) is 5.02 Å². The summed E-state index contributed by atoms with van der Waals surface area (Å²) in [5.74, 6) is -0.0965. The summed E-state index contributed by atoms with van der Waals surface area (Å²) in [6, 6.07) is 14.5. The molecule has 0 heterocycles. The highest BCUT2D eigenvalue weighted by molar-refractivity contribution is 6.31. The molecule has 2 N–H and O–H groups in total. The van der Waals surface area contributed by atoms with Crippen molar-refractivity contribution >= 4 is 11.6 Å². The number of hydrogen-bond donors (Lipinski definition) is 1. The van der Waals surface area contributed by atoms with E-state index in [1.165, 1.54) is 17.7 Å². The van der Waals surface area contributed by atoms with Gasteiger partial charge >= 0.3 is 0 Å². The Bertz CT molecular complexity index is 542. The van der Waals surface area contributed by atoms with Crippen molar-refractivity contribution < 1.29 is 4.39 Å². The van der Waals surface area contributed by atoms with Crippen LogP contribution in [0.25, 0.3) is 0 Å². The minimum Gasteiger partial charge on any atom is -0.327 e. The fourth-order valence-corrected chi connectivity index (χ4v) is 2.37. The lowest BCUT2D eigenvalue weighted by atomic mass is 9.90. The second-order valence-electron chi connectivity index (χ2n) is 4.80. The van der Waals surface area contributed by atoms with Crippen molar-refractivity contribution in [3.05, 3.63) is 70.5 Å². The summed E-state index contributed by atoms with van der Waals surface area (Å²) in [4.78, 5) is 0. The predicted octanol–water partition coefficient (Wildman–Crippen LogP) is 4.15. The highest BCUT2D eigenvalue weighted by atomic mass is 35.5. The molecule has 0 amide bonds. The van der Waals surface area contributed by atoms with Gasteiger partial charge in [0.2, 0.25) is 0 Å². The van der Waals surface area contributed by atoms with E-state index >= 15 is 0 Å². The number of rotatable bonds is 4. The van der Waals surface area contributed by atoms with E-state index in [1.807, 2.05) is 18.2 Å². The van der Waals surface area contributed by atoms with Crippen molar-refractivity contribution in [2.45, 2.75) is 25.3 Å². The van der Waals surface area contributed by atoms with Gasteiger partial charge in [-0.05, 0) is 35.6 Å². The second-order valence-corrected chi connectivity index (χ2v) is 5.21. The van der Waals surface area contributed by atoms with E-state index in [9.17, 15) is 4.39 Å². The summed E-state index contributed by atoms with van der Waals surface area (Å²) >= 11 is 6.03. The maximum atomic E-state index is 13.0. The molecule has 2 rings (SSSR count). The van der Waals surface area contributed by atoms with Gasteiger partial charge in [-0.3, -0.25) is 0 Å². The number of hydrogen-bond acceptors (Lipinski definition) is 1. The third kappa shape index (κ3) is 3.55. The average Bonchev–Trinajstić information content (AvgIpc) is 2.42. The summed E-state index contributed by atoms with van der Waals surface area (Å²) in [5.41, 5.74) is 8.33. The van der Waals surface area contributed by atoms with E-state index in [0.717, 1.165) is 5.56 Å². The van der Waals surface area contributed by atoms with E-state index in [2.05, 4.69) is 19.1 Å². The van der Waals surface area contributed by atoms with Gasteiger partial charge in [-0.25, -0.2) is 4.39 Å².